The van der Waals surface area contributed by atoms with E-state index >= 15 is 0 Å². The lowest BCUT2D eigenvalue weighted by atomic mass is 10.2. The summed E-state index contributed by atoms with van der Waals surface area (Å²) in [7, 11) is 0. The number of ether oxygens (including phenoxy) is 2. The van der Waals surface area contributed by atoms with E-state index < -0.39 is 4.92 Å². The van der Waals surface area contributed by atoms with Crippen molar-refractivity contribution in [3.05, 3.63) is 33.3 Å². The highest BCUT2D eigenvalue weighted by Gasteiger charge is 2.26. The molecule has 0 radical (unpaired) electrons. The number of carbonyl (C=O) groups excluding carboxylic acids is 1. The summed E-state index contributed by atoms with van der Waals surface area (Å²) in [4.78, 5) is 23.9. The first-order valence-corrected chi connectivity index (χ1v) is 7.24. The van der Waals surface area contributed by atoms with Gasteiger partial charge in [-0.3, -0.25) is 14.9 Å². The van der Waals surface area contributed by atoms with Crippen LogP contribution in [0.25, 0.3) is 0 Å². The third-order valence-electron chi connectivity index (χ3n) is 3.25. The van der Waals surface area contributed by atoms with Gasteiger partial charge < -0.3 is 14.4 Å². The third-order valence-corrected chi connectivity index (χ3v) is 3.55. The van der Waals surface area contributed by atoms with E-state index in [9.17, 15) is 14.9 Å². The Morgan fingerprint density at radius 1 is 1.45 bits per heavy atom. The lowest BCUT2D eigenvalue weighted by Crippen LogP contribution is -2.49. The smallest absolute Gasteiger partial charge is 0.271 e. The summed E-state index contributed by atoms with van der Waals surface area (Å²) in [5, 5.41) is 10.7. The quantitative estimate of drug-likeness (QED) is 0.625. The zero-order valence-electron chi connectivity index (χ0n) is 12.3. The van der Waals surface area contributed by atoms with Crippen LogP contribution < -0.4 is 4.74 Å². The molecule has 120 valence electrons. The van der Waals surface area contributed by atoms with E-state index in [-0.39, 0.29) is 41.2 Å². The van der Waals surface area contributed by atoms with Crippen molar-refractivity contribution in [1.29, 1.82) is 0 Å². The van der Waals surface area contributed by atoms with Gasteiger partial charge in [0.25, 0.3) is 11.6 Å². The third kappa shape index (κ3) is 4.08. The largest absolute Gasteiger partial charge is 0.482 e. The van der Waals surface area contributed by atoms with Crippen LogP contribution in [0, 0.1) is 10.1 Å². The lowest BCUT2D eigenvalue weighted by molar-refractivity contribution is -0.384. The van der Waals surface area contributed by atoms with Gasteiger partial charge in [-0.15, -0.1) is 0 Å². The number of benzene rings is 1. The summed E-state index contributed by atoms with van der Waals surface area (Å²) in [5.41, 5.74) is -0.125. The van der Waals surface area contributed by atoms with Gasteiger partial charge in [-0.2, -0.15) is 0 Å². The van der Waals surface area contributed by atoms with Gasteiger partial charge in [0, 0.05) is 25.2 Å². The van der Waals surface area contributed by atoms with Crippen molar-refractivity contribution in [2.24, 2.45) is 0 Å². The van der Waals surface area contributed by atoms with Gasteiger partial charge in [0.05, 0.1) is 22.2 Å². The molecular formula is C14H17ClN2O5. The Hall–Kier alpha value is -1.86. The Bertz CT molecular complexity index is 570. The summed E-state index contributed by atoms with van der Waals surface area (Å²) < 4.78 is 10.9. The van der Waals surface area contributed by atoms with Gasteiger partial charge in [0.1, 0.15) is 5.75 Å². The molecule has 8 heteroatoms. The molecule has 7 nitrogen and oxygen atoms in total. The number of non-ortho nitro benzene ring substituents is 1. The maximum Gasteiger partial charge on any atom is 0.271 e. The number of halogens is 1. The highest BCUT2D eigenvalue weighted by Crippen LogP contribution is 2.28. The summed E-state index contributed by atoms with van der Waals surface area (Å²) >= 11 is 5.91. The molecule has 2 rings (SSSR count). The first kappa shape index (κ1) is 16.5. The normalized spacial score (nSPS) is 21.5. The molecule has 0 aliphatic carbocycles. The molecule has 22 heavy (non-hydrogen) atoms. The predicted octanol–water partition coefficient (Wildman–Crippen LogP) is 2.26. The average Bonchev–Trinajstić information content (AvgIpc) is 2.44. The number of amides is 1. The van der Waals surface area contributed by atoms with Gasteiger partial charge in [0.15, 0.2) is 6.61 Å². The molecule has 2 atom stereocenters. The number of carbonyl (C=O) groups is 1. The highest BCUT2D eigenvalue weighted by atomic mass is 35.5. The van der Waals surface area contributed by atoms with Crippen LogP contribution in [0.4, 0.5) is 5.69 Å². The van der Waals surface area contributed by atoms with Crippen LogP contribution in [0.15, 0.2) is 18.2 Å². The van der Waals surface area contributed by atoms with Crippen LogP contribution in [0.3, 0.4) is 0 Å². The van der Waals surface area contributed by atoms with Gasteiger partial charge in [-0.1, -0.05) is 11.6 Å². The Labute approximate surface area is 132 Å². The van der Waals surface area contributed by atoms with E-state index in [0.29, 0.717) is 13.1 Å². The number of nitrogens with zero attached hydrogens (tertiary/aromatic N) is 2. The molecule has 1 aromatic rings. The molecule has 0 unspecified atom stereocenters. The van der Waals surface area contributed by atoms with Crippen LogP contribution in [0.5, 0.6) is 5.75 Å². The van der Waals surface area contributed by atoms with Gasteiger partial charge in [-0.25, -0.2) is 0 Å². The van der Waals surface area contributed by atoms with E-state index in [4.69, 9.17) is 21.1 Å². The fourth-order valence-electron chi connectivity index (χ4n) is 2.33. The SMILES string of the molecule is C[C@H]1CN(C(=O)COc2ccc([N+](=O)[O-])cc2Cl)C[C@H](C)O1. The zero-order valence-corrected chi connectivity index (χ0v) is 13.1. The fraction of sp³-hybridized carbons (Fsp3) is 0.500. The van der Waals surface area contributed by atoms with Gasteiger partial charge in [-0.05, 0) is 19.9 Å². The molecule has 0 bridgehead atoms. The average molecular weight is 329 g/mol. The van der Waals surface area contributed by atoms with Crippen molar-refractivity contribution in [2.75, 3.05) is 19.7 Å². The van der Waals surface area contributed by atoms with E-state index in [0.717, 1.165) is 0 Å². The number of nitro benzene ring substituents is 1. The molecule has 1 amide bonds. The monoisotopic (exact) mass is 328 g/mol. The molecule has 1 aliphatic rings. The number of rotatable bonds is 4. The summed E-state index contributed by atoms with van der Waals surface area (Å²) in [6, 6.07) is 3.86. The molecule has 1 heterocycles. The van der Waals surface area contributed by atoms with Crippen molar-refractivity contribution < 1.29 is 19.2 Å². The van der Waals surface area contributed by atoms with E-state index in [2.05, 4.69) is 0 Å². The number of hydrogen-bond donors (Lipinski definition) is 0. The Morgan fingerprint density at radius 2 is 2.09 bits per heavy atom. The maximum atomic E-state index is 12.1. The van der Waals surface area contributed by atoms with Crippen LogP contribution in [-0.4, -0.2) is 47.6 Å². The molecule has 0 aromatic heterocycles. The van der Waals surface area contributed by atoms with Gasteiger partial charge >= 0.3 is 0 Å². The summed E-state index contributed by atoms with van der Waals surface area (Å²) in [6.07, 6.45) is -0.0358. The number of hydrogen-bond acceptors (Lipinski definition) is 5. The molecule has 1 saturated heterocycles. The second-order valence-corrected chi connectivity index (χ2v) is 5.62. The maximum absolute atomic E-state index is 12.1. The highest BCUT2D eigenvalue weighted by molar-refractivity contribution is 6.32. The summed E-state index contributed by atoms with van der Waals surface area (Å²) in [6.45, 7) is 4.67. The molecule has 1 aromatic carbocycles. The lowest BCUT2D eigenvalue weighted by Gasteiger charge is -2.35. The second-order valence-electron chi connectivity index (χ2n) is 5.22. The first-order chi connectivity index (χ1) is 10.4. The predicted molar refractivity (Wildman–Crippen MR) is 80.2 cm³/mol. The Kier molecular flexibility index (Phi) is 5.20. The van der Waals surface area contributed by atoms with Crippen LogP contribution >= 0.6 is 11.6 Å². The van der Waals surface area contributed by atoms with E-state index in [1.165, 1.54) is 18.2 Å². The second kappa shape index (κ2) is 6.93. The Balaban J connectivity index is 1.95. The number of nitro groups is 1. The van der Waals surface area contributed by atoms with Crippen molar-refractivity contribution in [2.45, 2.75) is 26.1 Å². The van der Waals surface area contributed by atoms with Crippen LogP contribution in [0.1, 0.15) is 13.8 Å². The molecule has 0 spiro atoms. The van der Waals surface area contributed by atoms with Crippen molar-refractivity contribution in [3.8, 4) is 5.75 Å². The molecule has 0 N–H and O–H groups in total. The number of morpholine rings is 1. The Morgan fingerprint density at radius 3 is 2.64 bits per heavy atom. The molecule has 1 fully saturated rings. The topological polar surface area (TPSA) is 81.9 Å². The van der Waals surface area contributed by atoms with Crippen molar-refractivity contribution in [3.63, 3.8) is 0 Å². The van der Waals surface area contributed by atoms with E-state index in [1.54, 1.807) is 4.90 Å². The minimum Gasteiger partial charge on any atom is -0.482 e. The van der Waals surface area contributed by atoms with Gasteiger partial charge in [0.2, 0.25) is 0 Å². The molecule has 0 saturated carbocycles. The molecule has 1 aliphatic heterocycles. The minimum atomic E-state index is -0.544. The first-order valence-electron chi connectivity index (χ1n) is 6.86. The minimum absolute atomic E-state index is 0.0179. The fourth-order valence-corrected chi connectivity index (χ4v) is 2.56. The van der Waals surface area contributed by atoms with Crippen molar-refractivity contribution >= 4 is 23.2 Å². The zero-order chi connectivity index (χ0) is 16.3. The standard InChI is InChI=1S/C14H17ClN2O5/c1-9-6-16(7-10(2)22-9)14(18)8-21-13-4-3-11(17(19)20)5-12(13)15/h3-5,9-10H,6-8H2,1-2H3/t9-,10-/m0/s1. The van der Waals surface area contributed by atoms with E-state index in [1.807, 2.05) is 13.8 Å². The van der Waals surface area contributed by atoms with Crippen LogP contribution in [0.2, 0.25) is 5.02 Å². The molecular weight excluding hydrogens is 312 g/mol. The van der Waals surface area contributed by atoms with Crippen LogP contribution in [-0.2, 0) is 9.53 Å². The summed E-state index contributed by atoms with van der Waals surface area (Å²) in [5.74, 6) is 0.0754. The van der Waals surface area contributed by atoms with Crippen molar-refractivity contribution in [1.82, 2.24) is 4.90 Å².